The number of ether oxygens (including phenoxy) is 3. The van der Waals surface area contributed by atoms with Crippen LogP contribution < -0.4 is 0 Å². The van der Waals surface area contributed by atoms with Crippen molar-refractivity contribution < 1.29 is 28.6 Å². The van der Waals surface area contributed by atoms with Gasteiger partial charge < -0.3 is 14.2 Å². The van der Waals surface area contributed by atoms with Crippen molar-refractivity contribution in [3.05, 3.63) is 24.3 Å². The molecule has 1 atom stereocenters. The lowest BCUT2D eigenvalue weighted by Gasteiger charge is -2.18. The van der Waals surface area contributed by atoms with E-state index in [0.717, 1.165) is 70.6 Å². The first-order valence-electron chi connectivity index (χ1n) is 24.8. The zero-order valence-corrected chi connectivity index (χ0v) is 38.1. The van der Waals surface area contributed by atoms with Crippen LogP contribution in [0.25, 0.3) is 0 Å². The van der Waals surface area contributed by atoms with Crippen LogP contribution in [0.1, 0.15) is 265 Å². The van der Waals surface area contributed by atoms with E-state index in [1.807, 2.05) is 0 Å². The first kappa shape index (κ1) is 54.9. The van der Waals surface area contributed by atoms with Gasteiger partial charge in [-0.05, 0) is 70.6 Å². The minimum Gasteiger partial charge on any atom is -0.462 e. The zero-order chi connectivity index (χ0) is 41.5. The van der Waals surface area contributed by atoms with Crippen molar-refractivity contribution in [3.8, 4) is 0 Å². The number of unbranched alkanes of at least 4 members (excludes halogenated alkanes) is 30. The predicted molar refractivity (Wildman–Crippen MR) is 243 cm³/mol. The van der Waals surface area contributed by atoms with Crippen LogP contribution in [0.15, 0.2) is 24.3 Å². The van der Waals surface area contributed by atoms with Crippen LogP contribution in [0.5, 0.6) is 0 Å². The molecule has 57 heavy (non-hydrogen) atoms. The number of carbonyl (C=O) groups excluding carboxylic acids is 3. The molecule has 0 aromatic rings. The Balaban J connectivity index is 4.36. The first-order valence-corrected chi connectivity index (χ1v) is 24.8. The summed E-state index contributed by atoms with van der Waals surface area (Å²) in [5, 5.41) is 0. The van der Waals surface area contributed by atoms with E-state index in [9.17, 15) is 14.4 Å². The van der Waals surface area contributed by atoms with Gasteiger partial charge in [0.05, 0.1) is 0 Å². The molecule has 0 aliphatic carbocycles. The van der Waals surface area contributed by atoms with Crippen LogP contribution >= 0.6 is 0 Å². The summed E-state index contributed by atoms with van der Waals surface area (Å²) in [4.78, 5) is 37.8. The van der Waals surface area contributed by atoms with Gasteiger partial charge in [0, 0.05) is 19.3 Å². The number of carbonyl (C=O) groups is 3. The predicted octanol–water partition coefficient (Wildman–Crippen LogP) is 16.0. The quantitative estimate of drug-likeness (QED) is 0.0264. The Hall–Kier alpha value is -2.11. The summed E-state index contributed by atoms with van der Waals surface area (Å²) in [6.07, 6.45) is 51.5. The van der Waals surface area contributed by atoms with E-state index in [0.29, 0.717) is 19.3 Å². The van der Waals surface area contributed by atoms with Crippen LogP contribution in [-0.4, -0.2) is 37.2 Å². The van der Waals surface area contributed by atoms with Crippen molar-refractivity contribution in [1.29, 1.82) is 0 Å². The Morgan fingerprint density at radius 3 is 0.895 bits per heavy atom. The second-order valence-corrected chi connectivity index (χ2v) is 16.7. The molecule has 0 saturated heterocycles. The molecule has 6 heteroatoms. The summed E-state index contributed by atoms with van der Waals surface area (Å²) < 4.78 is 16.7. The molecule has 0 amide bonds. The molecule has 0 aliphatic rings. The van der Waals surface area contributed by atoms with E-state index in [1.54, 1.807) is 0 Å². The molecule has 0 radical (unpaired) electrons. The summed E-state index contributed by atoms with van der Waals surface area (Å²) in [5.74, 6) is -0.883. The largest absolute Gasteiger partial charge is 0.462 e. The second-order valence-electron chi connectivity index (χ2n) is 16.7. The zero-order valence-electron chi connectivity index (χ0n) is 38.1. The summed E-state index contributed by atoms with van der Waals surface area (Å²) in [5.41, 5.74) is 0. The van der Waals surface area contributed by atoms with Crippen molar-refractivity contribution in [2.45, 2.75) is 271 Å². The van der Waals surface area contributed by atoms with Crippen LogP contribution in [0, 0.1) is 0 Å². The molecule has 0 rings (SSSR count). The maximum Gasteiger partial charge on any atom is 0.306 e. The third-order valence-electron chi connectivity index (χ3n) is 10.9. The minimum atomic E-state index is -0.773. The molecule has 0 fully saturated rings. The maximum absolute atomic E-state index is 12.7. The Morgan fingerprint density at radius 2 is 0.579 bits per heavy atom. The molecule has 0 N–H and O–H groups in total. The third kappa shape index (κ3) is 44.8. The van der Waals surface area contributed by atoms with Gasteiger partial charge in [0.1, 0.15) is 13.2 Å². The van der Waals surface area contributed by atoms with Crippen LogP contribution in [0.4, 0.5) is 0 Å². The van der Waals surface area contributed by atoms with Gasteiger partial charge in [0.25, 0.3) is 0 Å². The molecule has 0 spiro atoms. The molecule has 0 aliphatic heterocycles. The Kier molecular flexibility index (Phi) is 44.9. The summed E-state index contributed by atoms with van der Waals surface area (Å²) >= 11 is 0. The number of hydrogen-bond donors (Lipinski definition) is 0. The van der Waals surface area contributed by atoms with Gasteiger partial charge in [-0.15, -0.1) is 0 Å². The molecule has 0 unspecified atom stereocenters. The Labute approximate surface area is 353 Å². The number of rotatable bonds is 45. The molecule has 0 aromatic heterocycles. The fourth-order valence-corrected chi connectivity index (χ4v) is 7.14. The van der Waals surface area contributed by atoms with Gasteiger partial charge >= 0.3 is 17.9 Å². The van der Waals surface area contributed by atoms with E-state index in [4.69, 9.17) is 14.2 Å². The minimum absolute atomic E-state index is 0.0740. The molecule has 6 nitrogen and oxygen atoms in total. The van der Waals surface area contributed by atoms with Gasteiger partial charge in [-0.3, -0.25) is 14.4 Å². The van der Waals surface area contributed by atoms with E-state index < -0.39 is 6.10 Å². The lowest BCUT2D eigenvalue weighted by molar-refractivity contribution is -0.167. The molecule has 334 valence electrons. The number of esters is 3. The van der Waals surface area contributed by atoms with Crippen LogP contribution in [0.3, 0.4) is 0 Å². The van der Waals surface area contributed by atoms with Gasteiger partial charge in [-0.1, -0.05) is 199 Å². The Morgan fingerprint density at radius 1 is 0.333 bits per heavy atom. The Bertz CT molecular complexity index is 927. The third-order valence-corrected chi connectivity index (χ3v) is 10.9. The van der Waals surface area contributed by atoms with Gasteiger partial charge in [-0.2, -0.15) is 0 Å². The molecule has 0 aromatic carbocycles. The van der Waals surface area contributed by atoms with Crippen molar-refractivity contribution in [2.24, 2.45) is 0 Å². The normalized spacial score (nSPS) is 12.1. The average Bonchev–Trinajstić information content (AvgIpc) is 3.21. The van der Waals surface area contributed by atoms with Gasteiger partial charge in [-0.25, -0.2) is 0 Å². The lowest BCUT2D eigenvalue weighted by Crippen LogP contribution is -2.30. The highest BCUT2D eigenvalue weighted by molar-refractivity contribution is 5.71. The van der Waals surface area contributed by atoms with Crippen molar-refractivity contribution >= 4 is 17.9 Å². The van der Waals surface area contributed by atoms with Crippen molar-refractivity contribution in [2.75, 3.05) is 13.2 Å². The van der Waals surface area contributed by atoms with E-state index >= 15 is 0 Å². The monoisotopic (exact) mass is 803 g/mol. The van der Waals surface area contributed by atoms with E-state index in [2.05, 4.69) is 45.1 Å². The average molecular weight is 803 g/mol. The number of allylic oxidation sites excluding steroid dienone is 4. The van der Waals surface area contributed by atoms with Crippen LogP contribution in [-0.2, 0) is 28.6 Å². The number of hydrogen-bond acceptors (Lipinski definition) is 6. The highest BCUT2D eigenvalue weighted by Gasteiger charge is 2.19. The van der Waals surface area contributed by atoms with Gasteiger partial charge in [0.15, 0.2) is 6.10 Å². The van der Waals surface area contributed by atoms with Gasteiger partial charge in [0.2, 0.25) is 0 Å². The second kappa shape index (κ2) is 46.6. The fraction of sp³-hybridized carbons (Fsp3) is 0.863. The lowest BCUT2D eigenvalue weighted by atomic mass is 10.1. The van der Waals surface area contributed by atoms with Crippen molar-refractivity contribution in [1.82, 2.24) is 0 Å². The van der Waals surface area contributed by atoms with E-state index in [-0.39, 0.29) is 31.1 Å². The molecule has 0 bridgehead atoms. The highest BCUT2D eigenvalue weighted by Crippen LogP contribution is 2.15. The smallest absolute Gasteiger partial charge is 0.306 e. The highest BCUT2D eigenvalue weighted by atomic mass is 16.6. The summed E-state index contributed by atoms with van der Waals surface area (Å²) in [6, 6.07) is 0. The fourth-order valence-electron chi connectivity index (χ4n) is 7.14. The first-order chi connectivity index (χ1) is 28.0. The summed E-state index contributed by atoms with van der Waals surface area (Å²) in [7, 11) is 0. The molecule has 0 saturated carbocycles. The maximum atomic E-state index is 12.7. The topological polar surface area (TPSA) is 78.9 Å². The molecular weight excluding hydrogens is 709 g/mol. The van der Waals surface area contributed by atoms with Crippen molar-refractivity contribution in [3.63, 3.8) is 0 Å². The molecular formula is C51H94O6. The SMILES string of the molecule is CCCCCC/C=C\CCCCCCCC(=O)O[C@H](COC(=O)CCCCCCC/C=C\CCCCCCCC)COC(=O)CCCCCCCCCCCCC. The summed E-state index contributed by atoms with van der Waals surface area (Å²) in [6.45, 7) is 6.61. The van der Waals surface area contributed by atoms with Crippen LogP contribution in [0.2, 0.25) is 0 Å². The van der Waals surface area contributed by atoms with E-state index in [1.165, 1.54) is 154 Å². The molecule has 0 heterocycles. The standard InChI is InChI=1S/C51H94O6/c1-4-7-10-13-16-19-22-24-25-27-29-32-35-38-41-44-50(53)56-47-48(46-55-49(52)43-40-37-34-31-28-21-18-15-12-9-6-3)57-51(54)45-42-39-36-33-30-26-23-20-17-14-11-8-5-2/h20,23-25,48H,4-19,21-22,26-47H2,1-3H3/b23-20-,25-24-/t48-/m0/s1.